The van der Waals surface area contributed by atoms with E-state index in [-0.39, 0.29) is 24.3 Å². The van der Waals surface area contributed by atoms with Crippen LogP contribution >= 0.6 is 11.8 Å². The molecule has 0 spiro atoms. The van der Waals surface area contributed by atoms with E-state index in [1.54, 1.807) is 32.9 Å². The molecule has 232 valence electrons. The SMILES string of the molecule is CCC[C@@H]1C[C@@H](C(=O)N[C@](C)([C@@H](C)OC)[C@@]2(C)O[C@H](SCCOC(=O)c3ccccc3C)[C@H](O)[C@@H](O)[C@H]2O)N(C)C1. The number of aliphatic hydroxyl groups is 3. The van der Waals surface area contributed by atoms with Crippen LogP contribution in [0.3, 0.4) is 0 Å². The van der Waals surface area contributed by atoms with Crippen molar-refractivity contribution in [2.75, 3.05) is 33.1 Å². The largest absolute Gasteiger partial charge is 0.461 e. The van der Waals surface area contributed by atoms with Crippen LogP contribution < -0.4 is 5.32 Å². The molecule has 2 fully saturated rings. The Morgan fingerprint density at radius 3 is 2.59 bits per heavy atom. The lowest BCUT2D eigenvalue weighted by molar-refractivity contribution is -0.274. The molecule has 0 unspecified atom stereocenters. The molecule has 3 rings (SSSR count). The number of likely N-dealkylation sites (tertiary alicyclic amines) is 1. The molecule has 1 amide bonds. The van der Waals surface area contributed by atoms with E-state index in [4.69, 9.17) is 14.2 Å². The van der Waals surface area contributed by atoms with Crippen molar-refractivity contribution in [3.05, 3.63) is 35.4 Å². The quantitative estimate of drug-likeness (QED) is 0.210. The molecule has 0 bridgehead atoms. The lowest BCUT2D eigenvalue weighted by Crippen LogP contribution is -2.78. The third-order valence-corrected chi connectivity index (χ3v) is 10.2. The summed E-state index contributed by atoms with van der Waals surface area (Å²) in [6.45, 7) is 9.96. The fraction of sp³-hybridized carbons (Fsp3) is 0.733. The number of nitrogens with zero attached hydrogens (tertiary/aromatic N) is 1. The van der Waals surface area contributed by atoms with Crippen LogP contribution in [-0.4, -0.2) is 112 Å². The van der Waals surface area contributed by atoms with Gasteiger partial charge in [0.25, 0.3) is 0 Å². The van der Waals surface area contributed by atoms with Crippen molar-refractivity contribution in [2.45, 2.75) is 101 Å². The van der Waals surface area contributed by atoms with Crippen LogP contribution in [0.2, 0.25) is 0 Å². The molecule has 2 saturated heterocycles. The minimum Gasteiger partial charge on any atom is -0.461 e. The lowest BCUT2D eigenvalue weighted by atomic mass is 9.71. The van der Waals surface area contributed by atoms with Gasteiger partial charge in [0.2, 0.25) is 5.91 Å². The molecule has 41 heavy (non-hydrogen) atoms. The number of hydrogen-bond donors (Lipinski definition) is 4. The summed E-state index contributed by atoms with van der Waals surface area (Å²) >= 11 is 1.16. The monoisotopic (exact) mass is 596 g/mol. The highest BCUT2D eigenvalue weighted by molar-refractivity contribution is 7.99. The van der Waals surface area contributed by atoms with Gasteiger partial charge >= 0.3 is 5.97 Å². The Kier molecular flexibility index (Phi) is 11.7. The summed E-state index contributed by atoms with van der Waals surface area (Å²) < 4.78 is 17.5. The van der Waals surface area contributed by atoms with Crippen LogP contribution in [0.5, 0.6) is 0 Å². The Bertz CT molecular complexity index is 1050. The Hall–Kier alpha value is -1.73. The van der Waals surface area contributed by atoms with Crippen LogP contribution in [0, 0.1) is 12.8 Å². The molecule has 11 heteroatoms. The Labute approximate surface area is 248 Å². The van der Waals surface area contributed by atoms with Gasteiger partial charge in [-0.15, -0.1) is 11.8 Å². The number of methoxy groups -OCH3 is 1. The van der Waals surface area contributed by atoms with E-state index >= 15 is 0 Å². The van der Waals surface area contributed by atoms with Gasteiger partial charge in [0, 0.05) is 19.4 Å². The molecule has 0 radical (unpaired) electrons. The Morgan fingerprint density at radius 2 is 1.95 bits per heavy atom. The van der Waals surface area contributed by atoms with Crippen molar-refractivity contribution in [3.8, 4) is 0 Å². The smallest absolute Gasteiger partial charge is 0.338 e. The van der Waals surface area contributed by atoms with E-state index in [1.807, 2.05) is 31.0 Å². The molecule has 0 saturated carbocycles. The molecule has 9 atom stereocenters. The van der Waals surface area contributed by atoms with Gasteiger partial charge < -0.3 is 34.8 Å². The molecule has 1 aromatic carbocycles. The maximum Gasteiger partial charge on any atom is 0.338 e. The summed E-state index contributed by atoms with van der Waals surface area (Å²) in [4.78, 5) is 28.2. The third kappa shape index (κ3) is 7.09. The van der Waals surface area contributed by atoms with E-state index in [0.29, 0.717) is 11.5 Å². The summed E-state index contributed by atoms with van der Waals surface area (Å²) in [6, 6.07) is 6.79. The molecule has 10 nitrogen and oxygen atoms in total. The minimum absolute atomic E-state index is 0.0508. The highest BCUT2D eigenvalue weighted by Gasteiger charge is 2.62. The predicted molar refractivity (Wildman–Crippen MR) is 158 cm³/mol. The second-order valence-electron chi connectivity index (χ2n) is 11.8. The van der Waals surface area contributed by atoms with Gasteiger partial charge in [-0.05, 0) is 65.1 Å². The number of hydrogen-bond acceptors (Lipinski definition) is 10. The molecule has 2 heterocycles. The molecule has 0 aromatic heterocycles. The van der Waals surface area contributed by atoms with E-state index in [1.165, 1.54) is 7.11 Å². The number of rotatable bonds is 12. The van der Waals surface area contributed by atoms with Gasteiger partial charge in [0.15, 0.2) is 0 Å². The average molecular weight is 597 g/mol. The summed E-state index contributed by atoms with van der Waals surface area (Å²) in [7, 11) is 3.44. The van der Waals surface area contributed by atoms with Gasteiger partial charge in [-0.25, -0.2) is 4.79 Å². The first-order valence-corrected chi connectivity index (χ1v) is 15.5. The predicted octanol–water partition coefficient (Wildman–Crippen LogP) is 2.11. The second kappa shape index (κ2) is 14.2. The number of nitrogens with one attached hydrogen (secondary N) is 1. The number of likely N-dealkylation sites (N-methyl/N-ethyl adjacent to an activating group) is 1. The van der Waals surface area contributed by atoms with E-state index in [9.17, 15) is 24.9 Å². The zero-order chi connectivity index (χ0) is 30.5. The number of esters is 1. The topological polar surface area (TPSA) is 138 Å². The second-order valence-corrected chi connectivity index (χ2v) is 13.0. The standard InChI is InChI=1S/C30H48N2O8S/c1-8-11-20-16-22(32(6)17-20)26(36)31-29(4,19(3)38-7)30(5)25(35)23(33)24(34)28(40-30)41-15-14-39-27(37)21-13-10-9-12-18(21)2/h9-10,12-13,19-20,22-25,28,33-35H,8,11,14-17H2,1-7H3,(H,31,36)/t19-,20-,22+,23-,24-,25-,28-,29-,30+/m1/s1. The zero-order valence-corrected chi connectivity index (χ0v) is 26.1. The molecule has 4 N–H and O–H groups in total. The first kappa shape index (κ1) is 33.8. The minimum atomic E-state index is -1.55. The molecular weight excluding hydrogens is 548 g/mol. The summed E-state index contributed by atoms with van der Waals surface area (Å²) in [5.74, 6) is 0.0442. The van der Waals surface area contributed by atoms with Gasteiger partial charge in [-0.3, -0.25) is 9.69 Å². The number of carbonyl (C=O) groups excluding carboxylic acids is 2. The number of thioether (sulfide) groups is 1. The van der Waals surface area contributed by atoms with Gasteiger partial charge in [-0.1, -0.05) is 31.5 Å². The maximum atomic E-state index is 13.7. The first-order valence-electron chi connectivity index (χ1n) is 14.4. The van der Waals surface area contributed by atoms with Crippen LogP contribution in [0.4, 0.5) is 0 Å². The summed E-state index contributed by atoms with van der Waals surface area (Å²) in [5.41, 5.74) is -2.53. The molecule has 2 aliphatic heterocycles. The number of carbonyl (C=O) groups is 2. The van der Waals surface area contributed by atoms with E-state index in [2.05, 4.69) is 12.2 Å². The third-order valence-electron chi connectivity index (χ3n) is 9.06. The van der Waals surface area contributed by atoms with E-state index < -0.39 is 47.0 Å². The van der Waals surface area contributed by atoms with Gasteiger partial charge in [0.1, 0.15) is 36.0 Å². The zero-order valence-electron chi connectivity index (χ0n) is 25.3. The van der Waals surface area contributed by atoms with Crippen molar-refractivity contribution in [2.24, 2.45) is 5.92 Å². The normalized spacial score (nSPS) is 32.7. The average Bonchev–Trinajstić information content (AvgIpc) is 3.32. The highest BCUT2D eigenvalue weighted by atomic mass is 32.2. The van der Waals surface area contributed by atoms with Crippen molar-refractivity contribution in [3.63, 3.8) is 0 Å². The van der Waals surface area contributed by atoms with Crippen molar-refractivity contribution < 1.29 is 39.1 Å². The molecular formula is C30H48N2O8S. The first-order chi connectivity index (χ1) is 19.3. The number of aryl methyl sites for hydroxylation is 1. The summed E-state index contributed by atoms with van der Waals surface area (Å²) in [6.07, 6.45) is -2.31. The number of aliphatic hydroxyl groups excluding tert-OH is 3. The number of ether oxygens (including phenoxy) is 3. The van der Waals surface area contributed by atoms with Crippen molar-refractivity contribution >= 4 is 23.6 Å². The summed E-state index contributed by atoms with van der Waals surface area (Å²) in [5, 5.41) is 36.1. The molecule has 2 aliphatic rings. The Balaban J connectivity index is 1.74. The highest BCUT2D eigenvalue weighted by Crippen LogP contribution is 2.43. The van der Waals surface area contributed by atoms with Gasteiger partial charge in [-0.2, -0.15) is 0 Å². The number of benzene rings is 1. The van der Waals surface area contributed by atoms with Crippen LogP contribution in [0.15, 0.2) is 24.3 Å². The molecule has 0 aliphatic carbocycles. The van der Waals surface area contributed by atoms with Crippen molar-refractivity contribution in [1.82, 2.24) is 10.2 Å². The fourth-order valence-electron chi connectivity index (χ4n) is 6.03. The Morgan fingerprint density at radius 1 is 1.27 bits per heavy atom. The van der Waals surface area contributed by atoms with Crippen LogP contribution in [0.1, 0.15) is 62.9 Å². The molecule has 1 aromatic rings. The maximum absolute atomic E-state index is 13.7. The fourth-order valence-corrected chi connectivity index (χ4v) is 7.07. The number of amides is 1. The van der Waals surface area contributed by atoms with Crippen LogP contribution in [-0.2, 0) is 19.0 Å². The van der Waals surface area contributed by atoms with E-state index in [0.717, 1.165) is 43.1 Å². The van der Waals surface area contributed by atoms with Gasteiger partial charge in [0.05, 0.1) is 23.2 Å². The van der Waals surface area contributed by atoms with Crippen LogP contribution in [0.25, 0.3) is 0 Å². The lowest BCUT2D eigenvalue weighted by Gasteiger charge is -2.57. The van der Waals surface area contributed by atoms with Crippen molar-refractivity contribution in [1.29, 1.82) is 0 Å².